The maximum atomic E-state index is 14.9. The van der Waals surface area contributed by atoms with Gasteiger partial charge in [-0.25, -0.2) is 9.07 Å². The first-order valence-corrected chi connectivity index (χ1v) is 9.80. The van der Waals surface area contributed by atoms with Crippen LogP contribution in [0.1, 0.15) is 54.0 Å². The van der Waals surface area contributed by atoms with Crippen molar-refractivity contribution in [1.29, 1.82) is 0 Å². The van der Waals surface area contributed by atoms with Crippen molar-refractivity contribution < 1.29 is 13.9 Å². The zero-order chi connectivity index (χ0) is 20.1. The molecule has 1 amide bonds. The Bertz CT molecular complexity index is 929. The fraction of sp³-hybridized carbons (Fsp3) is 0.524. The third-order valence-corrected chi connectivity index (χ3v) is 5.84. The normalized spacial score (nSPS) is 20.8. The van der Waals surface area contributed by atoms with E-state index in [0.29, 0.717) is 24.6 Å². The number of amides is 1. The van der Waals surface area contributed by atoms with Gasteiger partial charge in [0.2, 0.25) is 0 Å². The van der Waals surface area contributed by atoms with Gasteiger partial charge in [-0.05, 0) is 49.7 Å². The molecule has 0 unspecified atom stereocenters. The number of anilines is 1. The lowest BCUT2D eigenvalue weighted by molar-refractivity contribution is 0.0997. The molecule has 1 fully saturated rings. The van der Waals surface area contributed by atoms with E-state index in [9.17, 15) is 9.18 Å². The molecule has 150 valence electrons. The maximum absolute atomic E-state index is 14.9. The number of aromatic nitrogens is 2. The van der Waals surface area contributed by atoms with E-state index < -0.39 is 11.7 Å². The second-order valence-electron chi connectivity index (χ2n) is 8.68. The molecule has 1 aromatic carbocycles. The average Bonchev–Trinajstić information content (AvgIpc) is 3.21. The average molecular weight is 386 g/mol. The molecule has 6 nitrogen and oxygen atoms in total. The number of halogens is 1. The van der Waals surface area contributed by atoms with Crippen molar-refractivity contribution in [3.05, 3.63) is 40.5 Å². The highest BCUT2D eigenvalue weighted by Crippen LogP contribution is 2.37. The number of hydrogen-bond donors (Lipinski definition) is 2. The number of nitrogens with one attached hydrogen (secondary N) is 1. The Labute approximate surface area is 164 Å². The monoisotopic (exact) mass is 386 g/mol. The first kappa shape index (κ1) is 18.9. The Hall–Kier alpha value is -2.41. The molecule has 1 aromatic heterocycles. The number of nitrogens with two attached hydrogens (primary N) is 1. The molecule has 1 aliphatic heterocycles. The molecule has 4 rings (SSSR count). The van der Waals surface area contributed by atoms with Crippen LogP contribution in [0.5, 0.6) is 0 Å². The molecule has 3 N–H and O–H groups in total. The zero-order valence-corrected chi connectivity index (χ0v) is 16.6. The van der Waals surface area contributed by atoms with Gasteiger partial charge in [0.05, 0.1) is 35.3 Å². The summed E-state index contributed by atoms with van der Waals surface area (Å²) >= 11 is 0. The smallest absolute Gasteiger partial charge is 0.253 e. The first-order chi connectivity index (χ1) is 13.2. The van der Waals surface area contributed by atoms with Gasteiger partial charge in [-0.1, -0.05) is 13.8 Å². The van der Waals surface area contributed by atoms with Gasteiger partial charge in [0.25, 0.3) is 5.91 Å². The Morgan fingerprint density at radius 1 is 1.43 bits per heavy atom. The number of hydrogen-bond acceptors (Lipinski definition) is 4. The van der Waals surface area contributed by atoms with Crippen molar-refractivity contribution in [2.75, 3.05) is 18.5 Å². The Morgan fingerprint density at radius 3 is 2.89 bits per heavy atom. The number of carbonyl (C=O) groups excluding carboxylic acids is 1. The third kappa shape index (κ3) is 3.39. The lowest BCUT2D eigenvalue weighted by atomic mass is 9.76. The molecule has 2 heterocycles. The summed E-state index contributed by atoms with van der Waals surface area (Å²) in [7, 11) is 0. The van der Waals surface area contributed by atoms with Crippen molar-refractivity contribution in [3.8, 4) is 5.69 Å². The standard InChI is InChI=1S/C21H27FN4O2/c1-12-15-4-6-21(2,3)10-18(15)26(25-12)14-8-16(22)19(20(23)27)17(9-14)24-13-5-7-28-11-13/h8-9,13,24H,4-7,10-11H2,1-3H3,(H2,23,27)/t13-/m0/s1. The summed E-state index contributed by atoms with van der Waals surface area (Å²) in [6.07, 6.45) is 3.76. The number of benzene rings is 1. The predicted octanol–water partition coefficient (Wildman–Crippen LogP) is 3.13. The minimum absolute atomic E-state index is 0.0277. The lowest BCUT2D eigenvalue weighted by Gasteiger charge is -2.30. The molecular weight excluding hydrogens is 359 g/mol. The van der Waals surface area contributed by atoms with Crippen LogP contribution in [0.4, 0.5) is 10.1 Å². The Morgan fingerprint density at radius 2 is 2.21 bits per heavy atom. The van der Waals surface area contributed by atoms with E-state index in [4.69, 9.17) is 15.6 Å². The van der Waals surface area contributed by atoms with E-state index in [1.54, 1.807) is 6.07 Å². The molecule has 28 heavy (non-hydrogen) atoms. The summed E-state index contributed by atoms with van der Waals surface area (Å²) in [4.78, 5) is 11.9. The van der Waals surface area contributed by atoms with Crippen LogP contribution in [-0.2, 0) is 17.6 Å². The first-order valence-electron chi connectivity index (χ1n) is 9.80. The highest BCUT2D eigenvalue weighted by atomic mass is 19.1. The van der Waals surface area contributed by atoms with Crippen LogP contribution in [0.25, 0.3) is 5.69 Å². The summed E-state index contributed by atoms with van der Waals surface area (Å²) in [5.41, 5.74) is 9.86. The minimum atomic E-state index is -0.787. The second-order valence-corrected chi connectivity index (χ2v) is 8.68. The number of carbonyl (C=O) groups is 1. The van der Waals surface area contributed by atoms with Gasteiger partial charge in [-0.15, -0.1) is 0 Å². The summed E-state index contributed by atoms with van der Waals surface area (Å²) in [5, 5.41) is 7.94. The largest absolute Gasteiger partial charge is 0.379 e. The van der Waals surface area contributed by atoms with E-state index in [0.717, 1.165) is 37.1 Å². The second kappa shape index (κ2) is 6.88. The van der Waals surface area contributed by atoms with Gasteiger partial charge in [-0.3, -0.25) is 4.79 Å². The molecule has 0 saturated carbocycles. The van der Waals surface area contributed by atoms with Gasteiger partial charge in [0, 0.05) is 18.4 Å². The molecule has 0 bridgehead atoms. The molecule has 1 atom stereocenters. The highest BCUT2D eigenvalue weighted by molar-refractivity contribution is 5.99. The molecule has 0 spiro atoms. The summed E-state index contributed by atoms with van der Waals surface area (Å²) < 4.78 is 22.1. The van der Waals surface area contributed by atoms with Crippen LogP contribution in [0.15, 0.2) is 12.1 Å². The number of rotatable bonds is 4. The number of fused-ring (bicyclic) bond motifs is 1. The van der Waals surface area contributed by atoms with E-state index in [1.807, 2.05) is 11.6 Å². The topological polar surface area (TPSA) is 82.2 Å². The quantitative estimate of drug-likeness (QED) is 0.846. The maximum Gasteiger partial charge on any atom is 0.253 e. The highest BCUT2D eigenvalue weighted by Gasteiger charge is 2.31. The molecule has 2 aliphatic rings. The lowest BCUT2D eigenvalue weighted by Crippen LogP contribution is -2.25. The molecule has 0 radical (unpaired) electrons. The Kier molecular flexibility index (Phi) is 4.65. The van der Waals surface area contributed by atoms with Crippen LogP contribution >= 0.6 is 0 Å². The van der Waals surface area contributed by atoms with Gasteiger partial charge in [0.15, 0.2) is 0 Å². The van der Waals surface area contributed by atoms with Crippen molar-refractivity contribution in [1.82, 2.24) is 9.78 Å². The van der Waals surface area contributed by atoms with E-state index in [1.165, 1.54) is 11.6 Å². The van der Waals surface area contributed by atoms with Crippen LogP contribution in [-0.4, -0.2) is 34.9 Å². The molecule has 2 aromatic rings. The minimum Gasteiger partial charge on any atom is -0.379 e. The number of ether oxygens (including phenoxy) is 1. The van der Waals surface area contributed by atoms with Gasteiger partial charge >= 0.3 is 0 Å². The van der Waals surface area contributed by atoms with Crippen LogP contribution < -0.4 is 11.1 Å². The van der Waals surface area contributed by atoms with Gasteiger partial charge in [0.1, 0.15) is 5.82 Å². The van der Waals surface area contributed by atoms with E-state index in [-0.39, 0.29) is 17.0 Å². The molecule has 1 saturated heterocycles. The van der Waals surface area contributed by atoms with Crippen molar-refractivity contribution in [2.24, 2.45) is 11.1 Å². The van der Waals surface area contributed by atoms with Crippen LogP contribution in [0.2, 0.25) is 0 Å². The van der Waals surface area contributed by atoms with Crippen molar-refractivity contribution in [3.63, 3.8) is 0 Å². The molecular formula is C21H27FN4O2. The SMILES string of the molecule is Cc1nn(-c2cc(F)c(C(N)=O)c(N[C@H]3CCOC3)c2)c2c1CCC(C)(C)C2. The predicted molar refractivity (Wildman–Crippen MR) is 105 cm³/mol. The summed E-state index contributed by atoms with van der Waals surface area (Å²) in [6.45, 7) is 7.65. The Balaban J connectivity index is 1.81. The fourth-order valence-electron chi connectivity index (χ4n) is 4.28. The zero-order valence-electron chi connectivity index (χ0n) is 16.6. The summed E-state index contributed by atoms with van der Waals surface area (Å²) in [5.74, 6) is -1.42. The van der Waals surface area contributed by atoms with Crippen LogP contribution in [0, 0.1) is 18.2 Å². The van der Waals surface area contributed by atoms with Crippen molar-refractivity contribution in [2.45, 2.75) is 52.5 Å². The van der Waals surface area contributed by atoms with E-state index in [2.05, 4.69) is 19.2 Å². The van der Waals surface area contributed by atoms with Crippen LogP contribution in [0.3, 0.4) is 0 Å². The fourth-order valence-corrected chi connectivity index (χ4v) is 4.28. The molecule has 1 aliphatic carbocycles. The number of aryl methyl sites for hydroxylation is 1. The van der Waals surface area contributed by atoms with Gasteiger partial charge < -0.3 is 15.8 Å². The van der Waals surface area contributed by atoms with Crippen molar-refractivity contribution >= 4 is 11.6 Å². The van der Waals surface area contributed by atoms with Gasteiger partial charge in [-0.2, -0.15) is 5.10 Å². The van der Waals surface area contributed by atoms with E-state index >= 15 is 0 Å². The number of primary amides is 1. The third-order valence-electron chi connectivity index (χ3n) is 5.84. The molecule has 7 heteroatoms. The number of nitrogens with zero attached hydrogens (tertiary/aromatic N) is 2. The summed E-state index contributed by atoms with van der Waals surface area (Å²) in [6, 6.07) is 3.15.